The largest absolute Gasteiger partial charge is 0.391 e. The van der Waals surface area contributed by atoms with E-state index in [0.717, 1.165) is 13.0 Å². The molecule has 3 heteroatoms. The topological polar surface area (TPSA) is 49.5 Å². The molecule has 2 rings (SSSR count). The fourth-order valence-corrected chi connectivity index (χ4v) is 5.01. The Morgan fingerprint density at radius 3 is 1.92 bits per heavy atom. The van der Waals surface area contributed by atoms with Crippen molar-refractivity contribution in [2.45, 2.75) is 122 Å². The number of piperidine rings is 1. The number of aliphatic hydroxyl groups excluding tert-OH is 1. The van der Waals surface area contributed by atoms with Gasteiger partial charge in [0.25, 0.3) is 0 Å². The van der Waals surface area contributed by atoms with Crippen LogP contribution in [0.3, 0.4) is 0 Å². The first kappa shape index (κ1) is 20.2. The molecule has 1 aliphatic carbocycles. The Hall–Kier alpha value is -0.120. The second-order valence-corrected chi connectivity index (χ2v) is 8.39. The Bertz CT molecular complexity index is 322. The van der Waals surface area contributed by atoms with Crippen LogP contribution in [0.15, 0.2) is 0 Å². The molecule has 3 nitrogen and oxygen atoms in total. The van der Waals surface area contributed by atoms with E-state index in [2.05, 4.69) is 18.7 Å². The van der Waals surface area contributed by atoms with Crippen LogP contribution in [0.5, 0.6) is 0 Å². The highest BCUT2D eigenvalue weighted by Crippen LogP contribution is 2.39. The van der Waals surface area contributed by atoms with Crippen molar-refractivity contribution in [2.24, 2.45) is 11.7 Å². The average molecular weight is 339 g/mol. The summed E-state index contributed by atoms with van der Waals surface area (Å²) >= 11 is 0. The number of hydrogen-bond acceptors (Lipinski definition) is 3. The predicted octanol–water partition coefficient (Wildman–Crippen LogP) is 4.47. The second kappa shape index (κ2) is 10.8. The molecule has 0 radical (unpaired) electrons. The molecule has 1 saturated heterocycles. The van der Waals surface area contributed by atoms with Gasteiger partial charge < -0.3 is 10.8 Å². The standard InChI is InChI=1S/C21H42N2O/c1-3-5-7-9-11-13-18(14-12-10-8-6-4-2)23-16-17-15-19(24)21(23)20(17)22/h17-21,24H,3-16,22H2,1-2H3/t17-,19+,20-,21-/m1/s1. The number of nitrogens with zero attached hydrogens (tertiary/aromatic N) is 1. The summed E-state index contributed by atoms with van der Waals surface area (Å²) in [6, 6.07) is 1.11. The summed E-state index contributed by atoms with van der Waals surface area (Å²) < 4.78 is 0. The molecule has 2 aliphatic rings. The van der Waals surface area contributed by atoms with Crippen LogP contribution in [0.4, 0.5) is 0 Å². The predicted molar refractivity (Wildman–Crippen MR) is 103 cm³/mol. The third-order valence-corrected chi connectivity index (χ3v) is 6.46. The summed E-state index contributed by atoms with van der Waals surface area (Å²) in [5.74, 6) is 0.535. The number of unbranched alkanes of at least 4 members (excludes halogenated alkanes) is 8. The number of nitrogens with two attached hydrogens (primary N) is 1. The molecule has 3 N–H and O–H groups in total. The lowest BCUT2D eigenvalue weighted by Gasteiger charge is -2.37. The summed E-state index contributed by atoms with van der Waals surface area (Å²) in [7, 11) is 0. The van der Waals surface area contributed by atoms with Gasteiger partial charge in [0.1, 0.15) is 0 Å². The zero-order valence-electron chi connectivity index (χ0n) is 16.3. The van der Waals surface area contributed by atoms with Gasteiger partial charge in [-0.05, 0) is 25.2 Å². The summed E-state index contributed by atoms with van der Waals surface area (Å²) in [6.45, 7) is 5.70. The van der Waals surface area contributed by atoms with Gasteiger partial charge in [-0.3, -0.25) is 4.90 Å². The molecule has 0 aromatic rings. The highest BCUT2D eigenvalue weighted by atomic mass is 16.3. The van der Waals surface area contributed by atoms with Gasteiger partial charge >= 0.3 is 0 Å². The minimum Gasteiger partial charge on any atom is -0.391 e. The number of fused-ring (bicyclic) bond motifs is 2. The first-order chi connectivity index (χ1) is 11.7. The van der Waals surface area contributed by atoms with E-state index in [4.69, 9.17) is 5.73 Å². The van der Waals surface area contributed by atoms with E-state index < -0.39 is 0 Å². The van der Waals surface area contributed by atoms with Gasteiger partial charge in [0.15, 0.2) is 0 Å². The second-order valence-electron chi connectivity index (χ2n) is 8.39. The zero-order valence-corrected chi connectivity index (χ0v) is 16.3. The molecule has 4 atom stereocenters. The van der Waals surface area contributed by atoms with Gasteiger partial charge in [0, 0.05) is 18.6 Å². The summed E-state index contributed by atoms with van der Waals surface area (Å²) in [5.41, 5.74) is 6.39. The van der Waals surface area contributed by atoms with E-state index in [1.165, 1.54) is 77.0 Å². The summed E-state index contributed by atoms with van der Waals surface area (Å²) in [5, 5.41) is 10.4. The molecule has 2 fully saturated rings. The van der Waals surface area contributed by atoms with E-state index in [1.807, 2.05) is 0 Å². The molecule has 0 spiro atoms. The fraction of sp³-hybridized carbons (Fsp3) is 1.00. The fourth-order valence-electron chi connectivity index (χ4n) is 5.01. The van der Waals surface area contributed by atoms with Gasteiger partial charge in [0.2, 0.25) is 0 Å². The number of hydrogen-bond donors (Lipinski definition) is 2. The molecular weight excluding hydrogens is 296 g/mol. The maximum atomic E-state index is 10.4. The van der Waals surface area contributed by atoms with Crippen molar-refractivity contribution >= 4 is 0 Å². The van der Waals surface area contributed by atoms with Crippen molar-refractivity contribution in [3.63, 3.8) is 0 Å². The van der Waals surface area contributed by atoms with E-state index >= 15 is 0 Å². The van der Waals surface area contributed by atoms with Gasteiger partial charge in [-0.1, -0.05) is 78.1 Å². The highest BCUT2D eigenvalue weighted by molar-refractivity contribution is 5.08. The smallest absolute Gasteiger partial charge is 0.0714 e. The monoisotopic (exact) mass is 338 g/mol. The van der Waals surface area contributed by atoms with Crippen LogP contribution < -0.4 is 5.73 Å². The molecule has 0 aromatic heterocycles. The lowest BCUT2D eigenvalue weighted by Crippen LogP contribution is -2.50. The van der Waals surface area contributed by atoms with E-state index in [0.29, 0.717) is 12.0 Å². The Labute approximate surface area is 150 Å². The van der Waals surface area contributed by atoms with Crippen LogP contribution in [0, 0.1) is 5.92 Å². The van der Waals surface area contributed by atoms with Crippen LogP contribution in [-0.2, 0) is 0 Å². The van der Waals surface area contributed by atoms with Crippen LogP contribution in [0.2, 0.25) is 0 Å². The van der Waals surface area contributed by atoms with E-state index in [1.54, 1.807) is 0 Å². The maximum absolute atomic E-state index is 10.4. The molecule has 1 aliphatic heterocycles. The van der Waals surface area contributed by atoms with Crippen molar-refractivity contribution in [1.29, 1.82) is 0 Å². The van der Waals surface area contributed by atoms with E-state index in [9.17, 15) is 5.11 Å². The normalized spacial score (nSPS) is 29.9. The van der Waals surface area contributed by atoms with Crippen LogP contribution in [0.1, 0.15) is 97.3 Å². The zero-order chi connectivity index (χ0) is 17.4. The van der Waals surface area contributed by atoms with Crippen molar-refractivity contribution < 1.29 is 5.11 Å². The van der Waals surface area contributed by atoms with Crippen LogP contribution in [0.25, 0.3) is 0 Å². The lowest BCUT2D eigenvalue weighted by atomic mass is 9.96. The van der Waals surface area contributed by atoms with Crippen molar-refractivity contribution in [3.8, 4) is 0 Å². The Balaban J connectivity index is 1.80. The highest BCUT2D eigenvalue weighted by Gasteiger charge is 2.51. The van der Waals surface area contributed by atoms with Crippen LogP contribution >= 0.6 is 0 Å². The van der Waals surface area contributed by atoms with Gasteiger partial charge in [-0.2, -0.15) is 0 Å². The molecule has 142 valence electrons. The first-order valence-corrected chi connectivity index (χ1v) is 10.9. The molecule has 0 aromatic carbocycles. The number of likely N-dealkylation sites (tertiary alicyclic amines) is 1. The van der Waals surface area contributed by atoms with Crippen LogP contribution in [-0.4, -0.2) is 40.8 Å². The molecule has 0 amide bonds. The van der Waals surface area contributed by atoms with Gasteiger partial charge in [0.05, 0.1) is 12.1 Å². The molecule has 24 heavy (non-hydrogen) atoms. The third-order valence-electron chi connectivity index (χ3n) is 6.46. The molecule has 1 heterocycles. The number of rotatable bonds is 13. The average Bonchev–Trinajstić information content (AvgIpc) is 3.03. The molecule has 2 bridgehead atoms. The van der Waals surface area contributed by atoms with Gasteiger partial charge in [-0.25, -0.2) is 0 Å². The molecule has 1 saturated carbocycles. The van der Waals surface area contributed by atoms with E-state index in [-0.39, 0.29) is 18.2 Å². The SMILES string of the molecule is CCCCCCCC(CCCCCCC)N1C[C@H]2C[C@H](O)[C@@H]1[C@@H]2N. The van der Waals surface area contributed by atoms with Crippen molar-refractivity contribution in [2.75, 3.05) is 6.54 Å². The maximum Gasteiger partial charge on any atom is 0.0714 e. The lowest BCUT2D eigenvalue weighted by molar-refractivity contribution is 0.0247. The number of aliphatic hydroxyl groups is 1. The first-order valence-electron chi connectivity index (χ1n) is 10.9. The van der Waals surface area contributed by atoms with Crippen molar-refractivity contribution in [3.05, 3.63) is 0 Å². The summed E-state index contributed by atoms with van der Waals surface area (Å²) in [4.78, 5) is 2.61. The molecular formula is C21H42N2O. The minimum absolute atomic E-state index is 0.179. The quantitative estimate of drug-likeness (QED) is 0.487. The van der Waals surface area contributed by atoms with Crippen molar-refractivity contribution in [1.82, 2.24) is 4.90 Å². The van der Waals surface area contributed by atoms with Gasteiger partial charge in [-0.15, -0.1) is 0 Å². The summed E-state index contributed by atoms with van der Waals surface area (Å²) in [6.07, 6.45) is 16.9. The Kier molecular flexibility index (Phi) is 9.07. The molecule has 0 unspecified atom stereocenters. The minimum atomic E-state index is -0.179. The third kappa shape index (κ3) is 5.44. The Morgan fingerprint density at radius 1 is 0.917 bits per heavy atom. The Morgan fingerprint density at radius 2 is 1.46 bits per heavy atom.